The Morgan fingerprint density at radius 1 is 0.415 bits per heavy atom. The van der Waals surface area contributed by atoms with Crippen LogP contribution in [0, 0.1) is 0 Å². The zero-order chi connectivity index (χ0) is 35.3. The van der Waals surface area contributed by atoms with E-state index in [2.05, 4.69) is 195 Å². The normalized spacial score (nSPS) is 13.2. The Labute approximate surface area is 308 Å². The molecule has 0 atom stereocenters. The van der Waals surface area contributed by atoms with Gasteiger partial charge in [-0.2, -0.15) is 0 Å². The van der Waals surface area contributed by atoms with Crippen molar-refractivity contribution >= 4 is 71.3 Å². The van der Waals surface area contributed by atoms with E-state index in [0.29, 0.717) is 0 Å². The van der Waals surface area contributed by atoms with Crippen molar-refractivity contribution in [2.75, 3.05) is 4.90 Å². The smallest absolute Gasteiger partial charge is 0.159 e. The van der Waals surface area contributed by atoms with Crippen molar-refractivity contribution in [2.45, 2.75) is 19.3 Å². The number of nitrogens with zero attached hydrogens (tertiary/aromatic N) is 1. The molecule has 0 N–H and O–H groups in total. The first-order valence-electron chi connectivity index (χ1n) is 18.4. The largest absolute Gasteiger partial charge is 0.453 e. The Bertz CT molecular complexity index is 3090. The summed E-state index contributed by atoms with van der Waals surface area (Å²) in [6.07, 6.45) is 0. The fourth-order valence-electron chi connectivity index (χ4n) is 9.10. The topological polar surface area (TPSA) is 16.4 Å². The summed E-state index contributed by atoms with van der Waals surface area (Å²) >= 11 is 0. The highest BCUT2D eigenvalue weighted by atomic mass is 16.3. The van der Waals surface area contributed by atoms with E-state index >= 15 is 0 Å². The van der Waals surface area contributed by atoms with Gasteiger partial charge in [0.1, 0.15) is 5.58 Å². The van der Waals surface area contributed by atoms with Gasteiger partial charge >= 0.3 is 0 Å². The van der Waals surface area contributed by atoms with Crippen molar-refractivity contribution in [3.8, 4) is 22.3 Å². The second kappa shape index (κ2) is 11.2. The van der Waals surface area contributed by atoms with E-state index in [1.165, 1.54) is 60.3 Å². The molecule has 0 spiro atoms. The third-order valence-corrected chi connectivity index (χ3v) is 11.6. The fraction of sp³-hybridized carbons (Fsp3) is 0.0588. The number of anilines is 3. The van der Waals surface area contributed by atoms with Gasteiger partial charge in [0.05, 0.1) is 11.4 Å². The van der Waals surface area contributed by atoms with Gasteiger partial charge in [0.2, 0.25) is 0 Å². The number of benzene rings is 9. The quantitative estimate of drug-likeness (QED) is 0.172. The molecule has 0 fully saturated rings. The Morgan fingerprint density at radius 3 is 1.89 bits per heavy atom. The van der Waals surface area contributed by atoms with E-state index in [0.717, 1.165) is 44.4 Å². The van der Waals surface area contributed by atoms with E-state index in [-0.39, 0.29) is 5.41 Å². The molecule has 53 heavy (non-hydrogen) atoms. The lowest BCUT2D eigenvalue weighted by Gasteiger charge is -2.28. The predicted octanol–water partition coefficient (Wildman–Crippen LogP) is 14.5. The molecular weight excluding hydrogens is 643 g/mol. The third-order valence-electron chi connectivity index (χ3n) is 11.6. The molecule has 1 aromatic heterocycles. The first-order chi connectivity index (χ1) is 26.1. The highest BCUT2D eigenvalue weighted by Gasteiger charge is 2.36. The van der Waals surface area contributed by atoms with Gasteiger partial charge in [-0.25, -0.2) is 0 Å². The van der Waals surface area contributed by atoms with E-state index in [4.69, 9.17) is 4.42 Å². The van der Waals surface area contributed by atoms with Crippen LogP contribution in [0.25, 0.3) is 76.5 Å². The second-order valence-electron chi connectivity index (χ2n) is 14.9. The highest BCUT2D eigenvalue weighted by molar-refractivity contribution is 6.19. The maximum Gasteiger partial charge on any atom is 0.159 e. The molecule has 1 heterocycles. The van der Waals surface area contributed by atoms with Crippen LogP contribution in [-0.4, -0.2) is 0 Å². The van der Waals surface area contributed by atoms with Crippen LogP contribution in [0.15, 0.2) is 180 Å². The summed E-state index contributed by atoms with van der Waals surface area (Å²) in [5, 5.41) is 9.39. The molecule has 0 aliphatic heterocycles. The molecule has 0 unspecified atom stereocenters. The minimum atomic E-state index is -0.0492. The van der Waals surface area contributed by atoms with Crippen molar-refractivity contribution in [3.63, 3.8) is 0 Å². The van der Waals surface area contributed by atoms with Crippen LogP contribution in [-0.2, 0) is 5.41 Å². The van der Waals surface area contributed by atoms with E-state index in [9.17, 15) is 0 Å². The molecular formula is C51H35NO. The number of furan rings is 1. The van der Waals surface area contributed by atoms with Gasteiger partial charge in [-0.05, 0) is 85.3 Å². The molecule has 0 amide bonds. The Hall–Kier alpha value is -6.64. The van der Waals surface area contributed by atoms with E-state index in [1.807, 2.05) is 0 Å². The maximum atomic E-state index is 6.97. The standard InChI is InChI=1S/C51H35NO/c1-51(2)44-22-10-9-19-43(44)48-37(20-11-23-45(48)51)33-25-28-35(29-26-33)52(47-31-34-14-4-5-15-36(34)39-17-7-8-18-40(39)47)46-24-12-21-41-42-30-27-32-13-3-6-16-38(32)49(42)53-50(41)46/h3-31H,1-2H3. The van der Waals surface area contributed by atoms with Gasteiger partial charge in [0, 0.05) is 32.6 Å². The van der Waals surface area contributed by atoms with Crippen LogP contribution in [0.4, 0.5) is 17.1 Å². The lowest BCUT2D eigenvalue weighted by molar-refractivity contribution is 0.660. The number of fused-ring (bicyclic) bond motifs is 11. The van der Waals surface area contributed by atoms with Crippen molar-refractivity contribution in [1.29, 1.82) is 0 Å². The molecule has 2 nitrogen and oxygen atoms in total. The number of rotatable bonds is 4. The lowest BCUT2D eigenvalue weighted by atomic mass is 9.82. The average molecular weight is 678 g/mol. The minimum Gasteiger partial charge on any atom is -0.453 e. The molecule has 0 radical (unpaired) electrons. The number of hydrogen-bond donors (Lipinski definition) is 0. The maximum absolute atomic E-state index is 6.97. The second-order valence-corrected chi connectivity index (χ2v) is 14.9. The lowest BCUT2D eigenvalue weighted by Crippen LogP contribution is -2.14. The van der Waals surface area contributed by atoms with Gasteiger partial charge in [-0.1, -0.05) is 159 Å². The van der Waals surface area contributed by atoms with Crippen molar-refractivity contribution in [1.82, 2.24) is 0 Å². The average Bonchev–Trinajstić information content (AvgIpc) is 3.71. The molecule has 9 aromatic carbocycles. The van der Waals surface area contributed by atoms with Crippen LogP contribution in [0.3, 0.4) is 0 Å². The minimum absolute atomic E-state index is 0.0492. The summed E-state index contributed by atoms with van der Waals surface area (Å²) in [4.78, 5) is 2.40. The first-order valence-corrected chi connectivity index (χ1v) is 18.4. The van der Waals surface area contributed by atoms with Gasteiger partial charge in [0.15, 0.2) is 5.58 Å². The number of hydrogen-bond acceptors (Lipinski definition) is 2. The summed E-state index contributed by atoms with van der Waals surface area (Å²) in [6, 6.07) is 64.1. The Morgan fingerprint density at radius 2 is 1.04 bits per heavy atom. The highest BCUT2D eigenvalue weighted by Crippen LogP contribution is 2.52. The Kier molecular flexibility index (Phi) is 6.33. The molecule has 0 bridgehead atoms. The van der Waals surface area contributed by atoms with Crippen LogP contribution in [0.1, 0.15) is 25.0 Å². The van der Waals surface area contributed by atoms with Gasteiger partial charge < -0.3 is 9.32 Å². The van der Waals surface area contributed by atoms with E-state index in [1.54, 1.807) is 0 Å². The summed E-state index contributed by atoms with van der Waals surface area (Å²) in [5.41, 5.74) is 12.9. The van der Waals surface area contributed by atoms with Crippen molar-refractivity contribution in [2.24, 2.45) is 0 Å². The van der Waals surface area contributed by atoms with Crippen LogP contribution >= 0.6 is 0 Å². The first kappa shape index (κ1) is 30.0. The third kappa shape index (κ3) is 4.33. The summed E-state index contributed by atoms with van der Waals surface area (Å²) < 4.78 is 6.97. The molecule has 1 aliphatic rings. The van der Waals surface area contributed by atoms with Crippen molar-refractivity contribution < 1.29 is 4.42 Å². The molecule has 0 saturated heterocycles. The van der Waals surface area contributed by atoms with Crippen LogP contribution < -0.4 is 4.90 Å². The van der Waals surface area contributed by atoms with Gasteiger partial charge in [-0.3, -0.25) is 0 Å². The van der Waals surface area contributed by atoms with E-state index < -0.39 is 0 Å². The monoisotopic (exact) mass is 677 g/mol. The molecule has 0 saturated carbocycles. The summed E-state index contributed by atoms with van der Waals surface area (Å²) in [6.45, 7) is 4.69. The van der Waals surface area contributed by atoms with Gasteiger partial charge in [0.25, 0.3) is 0 Å². The predicted molar refractivity (Wildman–Crippen MR) is 224 cm³/mol. The zero-order valence-electron chi connectivity index (χ0n) is 29.6. The van der Waals surface area contributed by atoms with Crippen LogP contribution in [0.2, 0.25) is 0 Å². The SMILES string of the molecule is CC1(C)c2ccccc2-c2c(-c3ccc(N(c4cc5ccccc5c5ccccc45)c4cccc5c4oc4c6ccccc6ccc54)cc3)cccc21. The molecule has 250 valence electrons. The molecule has 11 rings (SSSR count). The van der Waals surface area contributed by atoms with Crippen molar-refractivity contribution in [3.05, 3.63) is 187 Å². The zero-order valence-corrected chi connectivity index (χ0v) is 29.6. The molecule has 2 heteroatoms. The Balaban J connectivity index is 1.16. The summed E-state index contributed by atoms with van der Waals surface area (Å²) in [5.74, 6) is 0. The summed E-state index contributed by atoms with van der Waals surface area (Å²) in [7, 11) is 0. The number of para-hydroxylation sites is 1. The molecule has 1 aliphatic carbocycles. The molecule has 10 aromatic rings. The van der Waals surface area contributed by atoms with Crippen LogP contribution in [0.5, 0.6) is 0 Å². The fourth-order valence-corrected chi connectivity index (χ4v) is 9.10. The van der Waals surface area contributed by atoms with Gasteiger partial charge in [-0.15, -0.1) is 0 Å².